The molecule has 0 bridgehead atoms. The van der Waals surface area contributed by atoms with E-state index in [1.807, 2.05) is 0 Å². The maximum atomic E-state index is 15.4. The molecule has 8 N–H and O–H groups in total. The van der Waals surface area contributed by atoms with Crippen LogP contribution in [-0.4, -0.2) is 135 Å². The van der Waals surface area contributed by atoms with Gasteiger partial charge in [0.05, 0.1) is 54.7 Å². The minimum Gasteiger partial charge on any atom is -0.460 e. The van der Waals surface area contributed by atoms with Crippen molar-refractivity contribution in [3.8, 4) is 11.4 Å². The minimum atomic E-state index is -2.06. The van der Waals surface area contributed by atoms with Crippen molar-refractivity contribution < 1.29 is 71.7 Å². The second kappa shape index (κ2) is 25.7. The van der Waals surface area contributed by atoms with E-state index < -0.39 is 126 Å². The van der Waals surface area contributed by atoms with Crippen LogP contribution in [0.2, 0.25) is 0 Å². The zero-order chi connectivity index (χ0) is 61.7. The van der Waals surface area contributed by atoms with Gasteiger partial charge in [0.1, 0.15) is 36.2 Å². The maximum absolute atomic E-state index is 15.4. The molecule has 4 aliphatic rings. The number of aromatic nitrogens is 2. The van der Waals surface area contributed by atoms with Gasteiger partial charge < -0.3 is 56.4 Å². The van der Waals surface area contributed by atoms with Gasteiger partial charge >= 0.3 is 11.9 Å². The van der Waals surface area contributed by atoms with Crippen molar-refractivity contribution in [1.82, 2.24) is 51.7 Å². The molecule has 25 nitrogen and oxygen atoms in total. The van der Waals surface area contributed by atoms with Gasteiger partial charge in [-0.15, -0.1) is 0 Å². The molecule has 85 heavy (non-hydrogen) atoms. The van der Waals surface area contributed by atoms with Gasteiger partial charge in [-0.25, -0.2) is 14.2 Å². The molecule has 1 unspecified atom stereocenters. The number of carbonyl (C=O) groups is 11. The van der Waals surface area contributed by atoms with E-state index in [0.29, 0.717) is 62.3 Å². The van der Waals surface area contributed by atoms with Gasteiger partial charge in [-0.2, -0.15) is 0 Å². The van der Waals surface area contributed by atoms with E-state index in [0.717, 1.165) is 17.7 Å². The molecule has 0 radical (unpaired) electrons. The van der Waals surface area contributed by atoms with E-state index in [9.17, 15) is 62.6 Å². The van der Waals surface area contributed by atoms with Crippen LogP contribution in [-0.2, 0) is 93.8 Å². The van der Waals surface area contributed by atoms with Crippen molar-refractivity contribution in [1.29, 1.82) is 0 Å². The monoisotopic (exact) mass is 1170 g/mol. The molecule has 1 aliphatic carbocycles. The van der Waals surface area contributed by atoms with Gasteiger partial charge in [-0.1, -0.05) is 37.3 Å². The van der Waals surface area contributed by atoms with Crippen LogP contribution in [0.5, 0.6) is 0 Å². The summed E-state index contributed by atoms with van der Waals surface area (Å²) < 4.78 is 27.4. The summed E-state index contributed by atoms with van der Waals surface area (Å²) in [6.07, 6.45) is 2.22. The lowest BCUT2D eigenvalue weighted by Gasteiger charge is -2.31. The Morgan fingerprint density at radius 2 is 1.51 bits per heavy atom. The van der Waals surface area contributed by atoms with E-state index in [4.69, 9.17) is 14.5 Å². The topological polar surface area (TPSA) is 349 Å². The molecular weight excluding hydrogens is 1110 g/mol. The number of carbonyl (C=O) groups excluding carboxylic acids is 11. The number of hydrogen-bond donors (Lipinski definition) is 8. The molecule has 450 valence electrons. The summed E-state index contributed by atoms with van der Waals surface area (Å²) in [5.74, 6) is -8.67. The Morgan fingerprint density at radius 1 is 0.835 bits per heavy atom. The van der Waals surface area contributed by atoms with Crippen LogP contribution in [0.1, 0.15) is 118 Å². The van der Waals surface area contributed by atoms with E-state index in [-0.39, 0.29) is 75.3 Å². The summed E-state index contributed by atoms with van der Waals surface area (Å²) in [5.41, 5.74) is 1.08. The normalized spacial score (nSPS) is 17.5. The fourth-order valence-electron chi connectivity index (χ4n) is 10.8. The molecule has 5 atom stereocenters. The average Bonchev–Trinajstić information content (AvgIpc) is 1.67. The summed E-state index contributed by atoms with van der Waals surface area (Å²) in [5, 5.41) is 29.9. The number of ether oxygens (including phenoxy) is 2. The number of cyclic esters (lactones) is 1. The van der Waals surface area contributed by atoms with E-state index in [1.54, 1.807) is 71.0 Å². The number of esters is 2. The number of hydrogen-bond acceptors (Lipinski definition) is 16. The Hall–Kier alpha value is -9.20. The maximum Gasteiger partial charge on any atom is 0.343 e. The van der Waals surface area contributed by atoms with Crippen LogP contribution in [0.3, 0.4) is 0 Å². The Labute approximate surface area is 486 Å². The first-order chi connectivity index (χ1) is 40.3. The molecule has 5 heterocycles. The van der Waals surface area contributed by atoms with Crippen molar-refractivity contribution in [3.63, 3.8) is 0 Å². The number of halogens is 1. The predicted molar refractivity (Wildman–Crippen MR) is 299 cm³/mol. The summed E-state index contributed by atoms with van der Waals surface area (Å²) in [6.45, 7) is 7.49. The van der Waals surface area contributed by atoms with E-state index in [1.165, 1.54) is 17.6 Å². The highest BCUT2D eigenvalue weighted by atomic mass is 19.1. The van der Waals surface area contributed by atoms with Crippen LogP contribution in [0.4, 0.5) is 4.39 Å². The molecule has 3 aliphatic heterocycles. The third kappa shape index (κ3) is 13.9. The molecule has 2 aromatic heterocycles. The van der Waals surface area contributed by atoms with Gasteiger partial charge in [0, 0.05) is 60.5 Å². The summed E-state index contributed by atoms with van der Waals surface area (Å²) in [7, 11) is 0. The highest BCUT2D eigenvalue weighted by molar-refractivity contribution is 6.15. The third-order valence-corrected chi connectivity index (χ3v) is 15.1. The number of amides is 9. The number of aryl methyl sites for hydroxylation is 1. The van der Waals surface area contributed by atoms with Crippen LogP contribution in [0.25, 0.3) is 22.3 Å². The molecule has 4 aromatic rings. The predicted octanol–water partition coefficient (Wildman–Crippen LogP) is 0.523. The largest absolute Gasteiger partial charge is 0.460 e. The number of pyridine rings is 2. The Balaban J connectivity index is 0.805. The SMILES string of the molecule is CC[C@@]1(O)C(=O)OCc2c1cc1n(c2=O)Cc2c-1nc1cc(F)c(C)c3c1c2[C@@H](NC(=O)CCCNC(=O)CNC(=O)[C@H](Cc1ccccc1)NC(=O)CNC(=O)CNC(=O)C(C)NC(=O)[C@H](CCC(=O)OC(C)(C)C)N1C(=O)C=CC1=O)CC3. The van der Waals surface area contributed by atoms with Crippen LogP contribution in [0.15, 0.2) is 59.4 Å². The lowest BCUT2D eigenvalue weighted by atomic mass is 9.81. The number of rotatable bonds is 23. The highest BCUT2D eigenvalue weighted by Gasteiger charge is 2.46. The smallest absolute Gasteiger partial charge is 0.343 e. The number of aliphatic hydroxyl groups is 1. The molecule has 0 saturated heterocycles. The molecule has 26 heteroatoms. The Bertz CT molecular complexity index is 3510. The van der Waals surface area contributed by atoms with Crippen LogP contribution >= 0.6 is 0 Å². The molecule has 9 amide bonds. The lowest BCUT2D eigenvalue weighted by molar-refractivity contribution is -0.172. The summed E-state index contributed by atoms with van der Waals surface area (Å²) >= 11 is 0. The average molecular weight is 1180 g/mol. The zero-order valence-electron chi connectivity index (χ0n) is 47.8. The van der Waals surface area contributed by atoms with Crippen molar-refractivity contribution in [3.05, 3.63) is 110 Å². The third-order valence-electron chi connectivity index (χ3n) is 15.1. The molecular formula is C59H67FN10O15. The quantitative estimate of drug-likeness (QED) is 0.0251. The number of nitrogens with one attached hydrogen (secondary N) is 7. The number of imide groups is 1. The number of fused-ring (bicyclic) bond motifs is 5. The van der Waals surface area contributed by atoms with E-state index >= 15 is 4.39 Å². The van der Waals surface area contributed by atoms with Crippen molar-refractivity contribution >= 4 is 76.0 Å². The van der Waals surface area contributed by atoms with Crippen molar-refractivity contribution in [2.45, 2.75) is 141 Å². The van der Waals surface area contributed by atoms with Gasteiger partial charge in [0.25, 0.3) is 17.4 Å². The fourth-order valence-corrected chi connectivity index (χ4v) is 10.8. The lowest BCUT2D eigenvalue weighted by Crippen LogP contribution is -2.55. The first-order valence-corrected chi connectivity index (χ1v) is 27.9. The van der Waals surface area contributed by atoms with E-state index in [2.05, 4.69) is 37.2 Å². The zero-order valence-corrected chi connectivity index (χ0v) is 47.8. The molecule has 8 rings (SSSR count). The Morgan fingerprint density at radius 3 is 2.19 bits per heavy atom. The molecule has 0 spiro atoms. The first kappa shape index (κ1) is 61.9. The minimum absolute atomic E-state index is 0.00763. The van der Waals surface area contributed by atoms with Gasteiger partial charge in [-0.3, -0.25) is 57.6 Å². The first-order valence-electron chi connectivity index (χ1n) is 27.9. The van der Waals surface area contributed by atoms with Gasteiger partial charge in [0.15, 0.2) is 5.60 Å². The summed E-state index contributed by atoms with van der Waals surface area (Å²) in [6, 6.07) is 6.97. The van der Waals surface area contributed by atoms with Crippen molar-refractivity contribution in [2.24, 2.45) is 0 Å². The molecule has 2 aromatic carbocycles. The second-order valence-electron chi connectivity index (χ2n) is 22.2. The van der Waals surface area contributed by atoms with Gasteiger partial charge in [-0.05, 0) is 95.0 Å². The summed E-state index contributed by atoms with van der Waals surface area (Å²) in [4.78, 5) is 162. The Kier molecular flexibility index (Phi) is 18.7. The van der Waals surface area contributed by atoms with Gasteiger partial charge in [0.2, 0.25) is 41.4 Å². The fraction of sp³-hybridized carbons (Fsp3) is 0.441. The van der Waals surface area contributed by atoms with Crippen LogP contribution < -0.4 is 42.8 Å². The number of benzene rings is 2. The standard InChI is InChI=1S/C59H67FN10O15/c1-7-59(83)36-23-42-52-34(28-69(42)56(81)35(36)29-84-57(59)82)51-38(16-15-33-30(2)37(60)24-39(68-52)50(33)51)66-43(71)14-11-21-61-44(72)25-64-54(79)40(22-32-12-9-8-10-13-32)67-46(74)27-62-45(73)26-63-53(78)31(3)65-55(80)41(70-47(75)18-19-48(70)76)17-20-49(77)85-58(4,5)6/h8-10,12-13,18-19,23-24,31,38,40-41,83H,7,11,14-17,20-22,25-29H2,1-6H3,(H,61,72)(H,62,73)(H,63,78)(H,64,79)(H,65,80)(H,66,71)(H,67,74)/t31?,38-,40-,41-,59-/m0/s1. The number of nitrogens with zero attached hydrogens (tertiary/aromatic N) is 3. The molecule has 0 fully saturated rings. The second-order valence-corrected chi connectivity index (χ2v) is 22.2. The highest BCUT2D eigenvalue weighted by Crippen LogP contribution is 2.46. The van der Waals surface area contributed by atoms with Crippen LogP contribution in [0, 0.1) is 12.7 Å². The molecule has 0 saturated carbocycles. The van der Waals surface area contributed by atoms with Crippen molar-refractivity contribution in [2.75, 3.05) is 26.2 Å².